The van der Waals surface area contributed by atoms with Crippen molar-refractivity contribution in [3.05, 3.63) is 0 Å². The minimum atomic E-state index is 0.310. The average molecular weight is 170 g/mol. The van der Waals surface area contributed by atoms with Gasteiger partial charge in [0.15, 0.2) is 0 Å². The van der Waals surface area contributed by atoms with Crippen LogP contribution in [-0.2, 0) is 9.59 Å². The van der Waals surface area contributed by atoms with E-state index in [0.29, 0.717) is 25.0 Å². The third-order valence-electron chi connectivity index (χ3n) is 1.84. The Morgan fingerprint density at radius 1 is 1.17 bits per heavy atom. The van der Waals surface area contributed by atoms with Crippen LogP contribution in [-0.4, -0.2) is 12.1 Å². The molecule has 0 bridgehead atoms. The van der Waals surface area contributed by atoms with E-state index in [0.717, 1.165) is 32.0 Å². The zero-order valence-electron chi connectivity index (χ0n) is 7.84. The Kier molecular flexibility index (Phi) is 7.97. The summed E-state index contributed by atoms with van der Waals surface area (Å²) in [5.74, 6) is 0.310. The van der Waals surface area contributed by atoms with Crippen LogP contribution in [0.15, 0.2) is 0 Å². The molecule has 0 aliphatic heterocycles. The zero-order chi connectivity index (χ0) is 9.23. The molecule has 0 N–H and O–H groups in total. The van der Waals surface area contributed by atoms with Gasteiger partial charge in [-0.2, -0.15) is 0 Å². The van der Waals surface area contributed by atoms with E-state index in [4.69, 9.17) is 0 Å². The molecule has 0 aromatic heterocycles. The maximum atomic E-state index is 11.1. The lowest BCUT2D eigenvalue weighted by atomic mass is 10.1. The van der Waals surface area contributed by atoms with Crippen molar-refractivity contribution in [2.24, 2.45) is 0 Å². The van der Waals surface area contributed by atoms with Gasteiger partial charge in [0.25, 0.3) is 0 Å². The summed E-state index contributed by atoms with van der Waals surface area (Å²) in [5.41, 5.74) is 0. The Morgan fingerprint density at radius 3 is 2.42 bits per heavy atom. The van der Waals surface area contributed by atoms with Gasteiger partial charge in [0, 0.05) is 19.3 Å². The Hall–Kier alpha value is -0.660. The first-order valence-corrected chi connectivity index (χ1v) is 4.76. The van der Waals surface area contributed by atoms with Crippen molar-refractivity contribution in [3.8, 4) is 0 Å². The molecule has 0 aliphatic carbocycles. The fraction of sp³-hybridized carbons (Fsp3) is 0.800. The molecule has 0 aromatic rings. The number of ketones is 1. The number of aldehydes is 1. The van der Waals surface area contributed by atoms with Crippen molar-refractivity contribution in [2.45, 2.75) is 51.9 Å². The van der Waals surface area contributed by atoms with Crippen molar-refractivity contribution in [1.82, 2.24) is 0 Å². The second kappa shape index (κ2) is 8.44. The van der Waals surface area contributed by atoms with Gasteiger partial charge < -0.3 is 4.79 Å². The largest absolute Gasteiger partial charge is 0.303 e. The first-order valence-electron chi connectivity index (χ1n) is 4.76. The molecular weight excluding hydrogens is 152 g/mol. The summed E-state index contributed by atoms with van der Waals surface area (Å²) in [6.45, 7) is 2.12. The van der Waals surface area contributed by atoms with E-state index < -0.39 is 0 Å². The molecule has 0 heterocycles. The Labute approximate surface area is 74.3 Å². The Bertz CT molecular complexity index is 130. The molecule has 0 saturated heterocycles. The standard InChI is InChI=1S/C10H18O2/c1-2-3-4-7-10(12)8-5-6-9-11/h9H,2-8H2,1H3. The first kappa shape index (κ1) is 11.3. The van der Waals surface area contributed by atoms with Crippen molar-refractivity contribution < 1.29 is 9.59 Å². The number of carbonyl (C=O) groups is 2. The van der Waals surface area contributed by atoms with Crippen molar-refractivity contribution in [3.63, 3.8) is 0 Å². The van der Waals surface area contributed by atoms with E-state index in [2.05, 4.69) is 6.92 Å². The smallest absolute Gasteiger partial charge is 0.132 e. The number of carbonyl (C=O) groups excluding carboxylic acids is 2. The minimum Gasteiger partial charge on any atom is -0.303 e. The number of hydrogen-bond acceptors (Lipinski definition) is 2. The van der Waals surface area contributed by atoms with Gasteiger partial charge in [-0.3, -0.25) is 4.79 Å². The van der Waals surface area contributed by atoms with Gasteiger partial charge in [0.05, 0.1) is 0 Å². The molecule has 2 nitrogen and oxygen atoms in total. The van der Waals surface area contributed by atoms with Gasteiger partial charge in [-0.25, -0.2) is 0 Å². The molecule has 0 saturated carbocycles. The van der Waals surface area contributed by atoms with Crippen molar-refractivity contribution >= 4 is 12.1 Å². The molecule has 0 aromatic carbocycles. The number of rotatable bonds is 8. The zero-order valence-corrected chi connectivity index (χ0v) is 7.84. The topological polar surface area (TPSA) is 34.1 Å². The summed E-state index contributed by atoms with van der Waals surface area (Å²) in [5, 5.41) is 0. The molecule has 0 spiro atoms. The molecule has 0 radical (unpaired) electrons. The maximum Gasteiger partial charge on any atom is 0.132 e. The highest BCUT2D eigenvalue weighted by Crippen LogP contribution is 2.04. The van der Waals surface area contributed by atoms with Crippen LogP contribution in [0.25, 0.3) is 0 Å². The highest BCUT2D eigenvalue weighted by atomic mass is 16.1. The summed E-state index contributed by atoms with van der Waals surface area (Å²) >= 11 is 0. The molecule has 12 heavy (non-hydrogen) atoms. The summed E-state index contributed by atoms with van der Waals surface area (Å²) < 4.78 is 0. The number of Topliss-reactive ketones (excluding diaryl/α,β-unsaturated/α-hetero) is 1. The normalized spacial score (nSPS) is 9.75. The number of unbranched alkanes of at least 4 members (excludes halogenated alkanes) is 3. The lowest BCUT2D eigenvalue weighted by molar-refractivity contribution is -0.119. The van der Waals surface area contributed by atoms with E-state index >= 15 is 0 Å². The maximum absolute atomic E-state index is 11.1. The molecule has 0 amide bonds. The average Bonchev–Trinajstić information content (AvgIpc) is 2.06. The van der Waals surface area contributed by atoms with E-state index in [1.54, 1.807) is 0 Å². The quantitative estimate of drug-likeness (QED) is 0.414. The molecule has 2 heteroatoms. The van der Waals surface area contributed by atoms with E-state index in [-0.39, 0.29) is 0 Å². The van der Waals surface area contributed by atoms with E-state index in [9.17, 15) is 9.59 Å². The van der Waals surface area contributed by atoms with Crippen LogP contribution in [0.3, 0.4) is 0 Å². The summed E-state index contributed by atoms with van der Waals surface area (Å²) in [6.07, 6.45) is 6.72. The molecular formula is C10H18O2. The van der Waals surface area contributed by atoms with Gasteiger partial charge in [0.2, 0.25) is 0 Å². The Balaban J connectivity index is 3.15. The van der Waals surface area contributed by atoms with E-state index in [1.807, 2.05) is 0 Å². The third kappa shape index (κ3) is 7.45. The van der Waals surface area contributed by atoms with Gasteiger partial charge in [-0.05, 0) is 12.8 Å². The predicted molar refractivity (Wildman–Crippen MR) is 49.1 cm³/mol. The van der Waals surface area contributed by atoms with Gasteiger partial charge in [-0.1, -0.05) is 19.8 Å². The van der Waals surface area contributed by atoms with Gasteiger partial charge in [-0.15, -0.1) is 0 Å². The van der Waals surface area contributed by atoms with Crippen LogP contribution in [0, 0.1) is 0 Å². The Morgan fingerprint density at radius 2 is 1.83 bits per heavy atom. The second-order valence-electron chi connectivity index (χ2n) is 3.05. The number of hydrogen-bond donors (Lipinski definition) is 0. The lowest BCUT2D eigenvalue weighted by Crippen LogP contribution is -1.97. The summed E-state index contributed by atoms with van der Waals surface area (Å²) in [6, 6.07) is 0. The van der Waals surface area contributed by atoms with Crippen LogP contribution >= 0.6 is 0 Å². The molecule has 0 fully saturated rings. The highest BCUT2D eigenvalue weighted by Gasteiger charge is 2.00. The molecule has 70 valence electrons. The molecule has 0 unspecified atom stereocenters. The summed E-state index contributed by atoms with van der Waals surface area (Å²) in [4.78, 5) is 21.0. The SMILES string of the molecule is CCCCCC(=O)CCCC=O. The highest BCUT2D eigenvalue weighted by molar-refractivity contribution is 5.78. The third-order valence-corrected chi connectivity index (χ3v) is 1.84. The fourth-order valence-electron chi connectivity index (χ4n) is 1.08. The van der Waals surface area contributed by atoms with Crippen LogP contribution in [0.4, 0.5) is 0 Å². The van der Waals surface area contributed by atoms with Crippen molar-refractivity contribution in [1.29, 1.82) is 0 Å². The minimum absolute atomic E-state index is 0.310. The van der Waals surface area contributed by atoms with Crippen LogP contribution in [0.2, 0.25) is 0 Å². The van der Waals surface area contributed by atoms with Gasteiger partial charge >= 0.3 is 0 Å². The van der Waals surface area contributed by atoms with Crippen molar-refractivity contribution in [2.75, 3.05) is 0 Å². The first-order chi connectivity index (χ1) is 5.81. The van der Waals surface area contributed by atoms with Crippen LogP contribution < -0.4 is 0 Å². The van der Waals surface area contributed by atoms with E-state index in [1.165, 1.54) is 0 Å². The predicted octanol–water partition coefficient (Wildman–Crippen LogP) is 2.51. The van der Waals surface area contributed by atoms with Crippen LogP contribution in [0.1, 0.15) is 51.9 Å². The van der Waals surface area contributed by atoms with Gasteiger partial charge in [0.1, 0.15) is 12.1 Å². The molecule has 0 atom stereocenters. The fourth-order valence-corrected chi connectivity index (χ4v) is 1.08. The lowest BCUT2D eigenvalue weighted by Gasteiger charge is -1.97. The van der Waals surface area contributed by atoms with Crippen LogP contribution in [0.5, 0.6) is 0 Å². The summed E-state index contributed by atoms with van der Waals surface area (Å²) in [7, 11) is 0. The molecule has 0 rings (SSSR count). The molecule has 0 aliphatic rings. The second-order valence-corrected chi connectivity index (χ2v) is 3.05. The monoisotopic (exact) mass is 170 g/mol.